The summed E-state index contributed by atoms with van der Waals surface area (Å²) < 4.78 is 0. The molecular weight excluding hydrogens is 172 g/mol. The van der Waals surface area contributed by atoms with Crippen molar-refractivity contribution in [2.45, 2.75) is 32.6 Å². The number of fused-ring (bicyclic) bond motifs is 3. The van der Waals surface area contributed by atoms with Gasteiger partial charge in [0.25, 0.3) is 0 Å². The summed E-state index contributed by atoms with van der Waals surface area (Å²) >= 11 is 0. The molecular formula is C12H14N2. The highest BCUT2D eigenvalue weighted by molar-refractivity contribution is 5.81. The van der Waals surface area contributed by atoms with Crippen molar-refractivity contribution in [2.24, 2.45) is 0 Å². The molecule has 0 fully saturated rings. The first kappa shape index (κ1) is 8.04. The van der Waals surface area contributed by atoms with Gasteiger partial charge >= 0.3 is 0 Å². The minimum absolute atomic E-state index is 1.20. The molecule has 72 valence electrons. The maximum absolute atomic E-state index is 4.42. The maximum Gasteiger partial charge on any atom is 0.0931 e. The van der Waals surface area contributed by atoms with Crippen molar-refractivity contribution in [2.75, 3.05) is 0 Å². The minimum Gasteiger partial charge on any atom is -0.345 e. The number of hydrogen-bond donors (Lipinski definition) is 1. The Kier molecular flexibility index (Phi) is 1.63. The molecule has 1 N–H and O–H groups in total. The van der Waals surface area contributed by atoms with Gasteiger partial charge in [-0.25, -0.2) is 4.98 Å². The molecule has 0 radical (unpaired) electrons. The number of aromatic nitrogens is 2. The Morgan fingerprint density at radius 1 is 1.21 bits per heavy atom. The van der Waals surface area contributed by atoms with Gasteiger partial charge in [-0.1, -0.05) is 0 Å². The fraction of sp³-hybridized carbons (Fsp3) is 0.417. The number of nitrogens with one attached hydrogen (secondary N) is 1. The van der Waals surface area contributed by atoms with Crippen LogP contribution in [0.15, 0.2) is 12.4 Å². The summed E-state index contributed by atoms with van der Waals surface area (Å²) in [6.45, 7) is 2.21. The second-order valence-electron chi connectivity index (χ2n) is 4.16. The van der Waals surface area contributed by atoms with Crippen LogP contribution in [0.2, 0.25) is 0 Å². The van der Waals surface area contributed by atoms with Crippen LogP contribution in [0.3, 0.4) is 0 Å². The van der Waals surface area contributed by atoms with E-state index in [-0.39, 0.29) is 0 Å². The van der Waals surface area contributed by atoms with Gasteiger partial charge in [-0.2, -0.15) is 0 Å². The van der Waals surface area contributed by atoms with Crippen molar-refractivity contribution in [1.29, 1.82) is 0 Å². The van der Waals surface area contributed by atoms with E-state index >= 15 is 0 Å². The lowest BCUT2D eigenvalue weighted by molar-refractivity contribution is 0.685. The summed E-state index contributed by atoms with van der Waals surface area (Å²) in [7, 11) is 0. The number of nitrogens with zero attached hydrogens (tertiary/aromatic N) is 1. The van der Waals surface area contributed by atoms with E-state index in [0.717, 1.165) is 0 Å². The van der Waals surface area contributed by atoms with E-state index in [0.29, 0.717) is 0 Å². The molecule has 1 aliphatic rings. The largest absolute Gasteiger partial charge is 0.345 e. The van der Waals surface area contributed by atoms with Crippen LogP contribution in [0.5, 0.6) is 0 Å². The molecule has 3 rings (SSSR count). The molecule has 2 nitrogen and oxygen atoms in total. The number of benzene rings is 1. The van der Waals surface area contributed by atoms with Crippen molar-refractivity contribution < 1.29 is 0 Å². The van der Waals surface area contributed by atoms with Gasteiger partial charge in [-0.3, -0.25) is 0 Å². The molecule has 0 saturated carbocycles. The van der Waals surface area contributed by atoms with E-state index < -0.39 is 0 Å². The fourth-order valence-corrected chi connectivity index (χ4v) is 2.56. The molecule has 1 heterocycles. The van der Waals surface area contributed by atoms with E-state index in [2.05, 4.69) is 23.0 Å². The average Bonchev–Trinajstić information content (AvgIpc) is 2.66. The summed E-state index contributed by atoms with van der Waals surface area (Å²) in [4.78, 5) is 7.62. The highest BCUT2D eigenvalue weighted by Crippen LogP contribution is 2.29. The van der Waals surface area contributed by atoms with E-state index in [1.807, 2.05) is 0 Å². The molecule has 2 aromatic rings. The van der Waals surface area contributed by atoms with Gasteiger partial charge in [0, 0.05) is 0 Å². The summed E-state index contributed by atoms with van der Waals surface area (Å²) in [6, 6.07) is 2.23. The van der Waals surface area contributed by atoms with Gasteiger partial charge in [-0.15, -0.1) is 0 Å². The van der Waals surface area contributed by atoms with Gasteiger partial charge in [-0.05, 0) is 55.4 Å². The Morgan fingerprint density at radius 2 is 2.00 bits per heavy atom. The van der Waals surface area contributed by atoms with E-state index in [4.69, 9.17) is 0 Å². The molecule has 0 saturated heterocycles. The number of hydrogen-bond acceptors (Lipinski definition) is 1. The highest BCUT2D eigenvalue weighted by atomic mass is 14.9. The van der Waals surface area contributed by atoms with Gasteiger partial charge in [0.2, 0.25) is 0 Å². The molecule has 2 heteroatoms. The van der Waals surface area contributed by atoms with Crippen LogP contribution in [0, 0.1) is 6.92 Å². The summed E-state index contributed by atoms with van der Waals surface area (Å²) in [6.07, 6.45) is 6.91. The van der Waals surface area contributed by atoms with Crippen LogP contribution < -0.4 is 0 Å². The van der Waals surface area contributed by atoms with Gasteiger partial charge < -0.3 is 4.98 Å². The third-order valence-electron chi connectivity index (χ3n) is 3.26. The van der Waals surface area contributed by atoms with Crippen molar-refractivity contribution >= 4 is 11.0 Å². The minimum atomic E-state index is 1.20. The molecule has 0 spiro atoms. The average molecular weight is 186 g/mol. The van der Waals surface area contributed by atoms with Crippen molar-refractivity contribution in [3.8, 4) is 0 Å². The zero-order chi connectivity index (χ0) is 9.54. The zero-order valence-electron chi connectivity index (χ0n) is 8.43. The Hall–Kier alpha value is -1.31. The van der Waals surface area contributed by atoms with Gasteiger partial charge in [0.15, 0.2) is 0 Å². The maximum atomic E-state index is 4.42. The summed E-state index contributed by atoms with van der Waals surface area (Å²) in [5.41, 5.74) is 6.87. The van der Waals surface area contributed by atoms with Crippen molar-refractivity contribution in [3.05, 3.63) is 29.1 Å². The summed E-state index contributed by atoms with van der Waals surface area (Å²) in [5, 5.41) is 0. The lowest BCUT2D eigenvalue weighted by Crippen LogP contribution is -2.05. The molecule has 0 aliphatic heterocycles. The number of aromatic amines is 1. The first-order valence-corrected chi connectivity index (χ1v) is 5.30. The lowest BCUT2D eigenvalue weighted by Gasteiger charge is -2.18. The molecule has 0 amide bonds. The number of imidazole rings is 1. The Bertz CT molecular complexity index is 482. The topological polar surface area (TPSA) is 28.7 Å². The van der Waals surface area contributed by atoms with E-state index in [1.165, 1.54) is 47.8 Å². The molecule has 0 bridgehead atoms. The van der Waals surface area contributed by atoms with Crippen molar-refractivity contribution in [3.63, 3.8) is 0 Å². The van der Waals surface area contributed by atoms with E-state index in [9.17, 15) is 0 Å². The summed E-state index contributed by atoms with van der Waals surface area (Å²) in [5.74, 6) is 0. The number of rotatable bonds is 0. The predicted molar refractivity (Wildman–Crippen MR) is 57.5 cm³/mol. The molecule has 14 heavy (non-hydrogen) atoms. The predicted octanol–water partition coefficient (Wildman–Crippen LogP) is 2.75. The van der Waals surface area contributed by atoms with Crippen LogP contribution >= 0.6 is 0 Å². The Labute approximate surface area is 83.4 Å². The SMILES string of the molecule is Cc1cc2[nH]cnc2c2c1CCCC2. The first-order valence-electron chi connectivity index (χ1n) is 5.30. The van der Waals surface area contributed by atoms with Crippen LogP contribution in [-0.2, 0) is 12.8 Å². The normalized spacial score (nSPS) is 15.8. The first-order chi connectivity index (χ1) is 6.86. The molecule has 1 aromatic heterocycles. The van der Waals surface area contributed by atoms with Gasteiger partial charge in [0.05, 0.1) is 17.4 Å². The lowest BCUT2D eigenvalue weighted by atomic mass is 9.88. The van der Waals surface area contributed by atoms with E-state index in [1.54, 1.807) is 11.9 Å². The van der Waals surface area contributed by atoms with Crippen LogP contribution in [0.1, 0.15) is 29.5 Å². The fourth-order valence-electron chi connectivity index (χ4n) is 2.56. The second kappa shape index (κ2) is 2.84. The standard InChI is InChI=1S/C12H14N2/c1-8-6-11-12(14-7-13-11)10-5-3-2-4-9(8)10/h6-7H,2-5H2,1H3,(H,13,14). The number of aryl methyl sites for hydroxylation is 2. The molecule has 1 aliphatic carbocycles. The zero-order valence-corrected chi connectivity index (χ0v) is 8.43. The van der Waals surface area contributed by atoms with Crippen LogP contribution in [-0.4, -0.2) is 9.97 Å². The molecule has 1 aromatic carbocycles. The monoisotopic (exact) mass is 186 g/mol. The van der Waals surface area contributed by atoms with Crippen LogP contribution in [0.4, 0.5) is 0 Å². The Morgan fingerprint density at radius 3 is 2.86 bits per heavy atom. The molecule has 0 unspecified atom stereocenters. The highest BCUT2D eigenvalue weighted by Gasteiger charge is 2.15. The molecule has 0 atom stereocenters. The third kappa shape index (κ3) is 0.999. The third-order valence-corrected chi connectivity index (χ3v) is 3.26. The second-order valence-corrected chi connectivity index (χ2v) is 4.16. The quantitative estimate of drug-likeness (QED) is 0.673. The van der Waals surface area contributed by atoms with Crippen LogP contribution in [0.25, 0.3) is 11.0 Å². The van der Waals surface area contributed by atoms with Gasteiger partial charge in [0.1, 0.15) is 0 Å². The smallest absolute Gasteiger partial charge is 0.0931 e. The van der Waals surface area contributed by atoms with Crippen molar-refractivity contribution in [1.82, 2.24) is 9.97 Å². The Balaban J connectivity index is 2.39. The number of H-pyrrole nitrogens is 1.